The standard InChI is InChI=1S/C19H18N4O3/c1-13(24)20-18-12-17(22-23(18)15-6-4-3-5-7-15)19(25)21-14-8-10-16(26-2)11-9-14/h3-12H,1-2H3,(H,20,24)(H,21,25). The molecule has 0 radical (unpaired) electrons. The van der Waals surface area contributed by atoms with Crippen molar-refractivity contribution in [2.75, 3.05) is 17.7 Å². The number of hydrogen-bond donors (Lipinski definition) is 2. The van der Waals surface area contributed by atoms with Crippen LogP contribution in [0.4, 0.5) is 11.5 Å². The van der Waals surface area contributed by atoms with E-state index in [2.05, 4.69) is 15.7 Å². The highest BCUT2D eigenvalue weighted by atomic mass is 16.5. The Morgan fingerprint density at radius 2 is 1.69 bits per heavy atom. The van der Waals surface area contributed by atoms with Crippen LogP contribution in [0.1, 0.15) is 17.4 Å². The second-order valence-electron chi connectivity index (χ2n) is 5.53. The van der Waals surface area contributed by atoms with Crippen LogP contribution < -0.4 is 15.4 Å². The summed E-state index contributed by atoms with van der Waals surface area (Å²) in [5.41, 5.74) is 1.54. The fraction of sp³-hybridized carbons (Fsp3) is 0.105. The van der Waals surface area contributed by atoms with Crippen LogP contribution >= 0.6 is 0 Å². The van der Waals surface area contributed by atoms with E-state index >= 15 is 0 Å². The van der Waals surface area contributed by atoms with E-state index in [1.54, 1.807) is 31.4 Å². The molecule has 1 heterocycles. The zero-order chi connectivity index (χ0) is 18.5. The molecule has 132 valence electrons. The molecule has 0 spiro atoms. The molecule has 2 amide bonds. The number of rotatable bonds is 5. The zero-order valence-electron chi connectivity index (χ0n) is 14.4. The van der Waals surface area contributed by atoms with E-state index in [4.69, 9.17) is 4.74 Å². The van der Waals surface area contributed by atoms with Gasteiger partial charge in [0.2, 0.25) is 5.91 Å². The predicted octanol–water partition coefficient (Wildman–Crippen LogP) is 3.09. The molecule has 7 heteroatoms. The van der Waals surface area contributed by atoms with E-state index < -0.39 is 0 Å². The smallest absolute Gasteiger partial charge is 0.276 e. The summed E-state index contributed by atoms with van der Waals surface area (Å²) >= 11 is 0. The van der Waals surface area contributed by atoms with Crippen molar-refractivity contribution < 1.29 is 14.3 Å². The third-order valence-corrected chi connectivity index (χ3v) is 3.59. The average Bonchev–Trinajstić information content (AvgIpc) is 3.06. The van der Waals surface area contributed by atoms with Crippen LogP contribution in [0.25, 0.3) is 5.69 Å². The molecular formula is C19H18N4O3. The Morgan fingerprint density at radius 1 is 1.00 bits per heavy atom. The molecule has 3 aromatic rings. The summed E-state index contributed by atoms with van der Waals surface area (Å²) in [6.07, 6.45) is 0. The molecule has 3 rings (SSSR count). The summed E-state index contributed by atoms with van der Waals surface area (Å²) in [5.74, 6) is 0.494. The molecule has 0 fully saturated rings. The van der Waals surface area contributed by atoms with Crippen LogP contribution in [0, 0.1) is 0 Å². The van der Waals surface area contributed by atoms with Crippen molar-refractivity contribution in [3.8, 4) is 11.4 Å². The van der Waals surface area contributed by atoms with Gasteiger partial charge in [0.15, 0.2) is 5.69 Å². The molecule has 7 nitrogen and oxygen atoms in total. The molecule has 2 N–H and O–H groups in total. The minimum Gasteiger partial charge on any atom is -0.497 e. The van der Waals surface area contributed by atoms with Crippen molar-refractivity contribution in [3.63, 3.8) is 0 Å². The Kier molecular flexibility index (Phi) is 4.98. The first-order chi connectivity index (χ1) is 12.6. The number of benzene rings is 2. The van der Waals surface area contributed by atoms with Crippen LogP contribution in [0.5, 0.6) is 5.75 Å². The summed E-state index contributed by atoms with van der Waals surface area (Å²) < 4.78 is 6.61. The maximum Gasteiger partial charge on any atom is 0.276 e. The van der Waals surface area contributed by atoms with E-state index in [9.17, 15) is 9.59 Å². The van der Waals surface area contributed by atoms with Crippen molar-refractivity contribution in [2.24, 2.45) is 0 Å². The number of ether oxygens (including phenoxy) is 1. The number of methoxy groups -OCH3 is 1. The fourth-order valence-electron chi connectivity index (χ4n) is 2.40. The van der Waals surface area contributed by atoms with E-state index in [1.807, 2.05) is 30.3 Å². The van der Waals surface area contributed by atoms with Gasteiger partial charge in [0, 0.05) is 18.7 Å². The minimum absolute atomic E-state index is 0.188. The highest BCUT2D eigenvalue weighted by Gasteiger charge is 2.16. The van der Waals surface area contributed by atoms with E-state index in [0.29, 0.717) is 17.3 Å². The summed E-state index contributed by atoms with van der Waals surface area (Å²) in [5, 5.41) is 9.79. The predicted molar refractivity (Wildman–Crippen MR) is 98.8 cm³/mol. The SMILES string of the molecule is COc1ccc(NC(=O)c2cc(NC(C)=O)n(-c3ccccc3)n2)cc1. The highest BCUT2D eigenvalue weighted by molar-refractivity contribution is 6.04. The van der Waals surface area contributed by atoms with Crippen LogP contribution in [0.2, 0.25) is 0 Å². The van der Waals surface area contributed by atoms with Gasteiger partial charge in [-0.15, -0.1) is 0 Å². The van der Waals surface area contributed by atoms with Gasteiger partial charge in [-0.3, -0.25) is 9.59 Å². The van der Waals surface area contributed by atoms with Gasteiger partial charge in [-0.2, -0.15) is 5.10 Å². The largest absolute Gasteiger partial charge is 0.497 e. The Bertz CT molecular complexity index is 918. The Hall–Kier alpha value is -3.61. The molecule has 0 unspecified atom stereocenters. The number of anilines is 2. The van der Waals surface area contributed by atoms with Crippen LogP contribution in [-0.4, -0.2) is 28.7 Å². The Morgan fingerprint density at radius 3 is 2.31 bits per heavy atom. The third kappa shape index (κ3) is 3.89. The number of carbonyl (C=O) groups excluding carboxylic acids is 2. The van der Waals surface area contributed by atoms with Crippen molar-refractivity contribution in [3.05, 3.63) is 66.4 Å². The monoisotopic (exact) mass is 350 g/mol. The molecule has 0 saturated carbocycles. The molecule has 0 bridgehead atoms. The highest BCUT2D eigenvalue weighted by Crippen LogP contribution is 2.19. The second-order valence-corrected chi connectivity index (χ2v) is 5.53. The van der Waals surface area contributed by atoms with Crippen molar-refractivity contribution in [2.45, 2.75) is 6.92 Å². The van der Waals surface area contributed by atoms with Gasteiger partial charge >= 0.3 is 0 Å². The number of aromatic nitrogens is 2. The zero-order valence-corrected chi connectivity index (χ0v) is 14.4. The minimum atomic E-state index is -0.378. The molecule has 26 heavy (non-hydrogen) atoms. The molecule has 0 saturated heterocycles. The summed E-state index contributed by atoms with van der Waals surface area (Å²) in [7, 11) is 1.58. The summed E-state index contributed by atoms with van der Waals surface area (Å²) in [6.45, 7) is 1.40. The van der Waals surface area contributed by atoms with Crippen molar-refractivity contribution in [1.82, 2.24) is 9.78 Å². The number of para-hydroxylation sites is 1. The van der Waals surface area contributed by atoms with Crippen molar-refractivity contribution in [1.29, 1.82) is 0 Å². The molecule has 0 atom stereocenters. The molecule has 0 aliphatic carbocycles. The third-order valence-electron chi connectivity index (χ3n) is 3.59. The lowest BCUT2D eigenvalue weighted by Gasteiger charge is -2.06. The number of nitrogens with zero attached hydrogens (tertiary/aromatic N) is 2. The van der Waals surface area contributed by atoms with Gasteiger partial charge in [-0.25, -0.2) is 4.68 Å². The number of carbonyl (C=O) groups is 2. The molecular weight excluding hydrogens is 332 g/mol. The first-order valence-electron chi connectivity index (χ1n) is 7.95. The van der Waals surface area contributed by atoms with E-state index in [-0.39, 0.29) is 17.5 Å². The topological polar surface area (TPSA) is 85.3 Å². The van der Waals surface area contributed by atoms with Crippen LogP contribution in [0.3, 0.4) is 0 Å². The lowest BCUT2D eigenvalue weighted by molar-refractivity contribution is -0.114. The molecule has 1 aromatic heterocycles. The Labute approximate surface area is 150 Å². The molecule has 0 aliphatic heterocycles. The average molecular weight is 350 g/mol. The van der Waals surface area contributed by atoms with Gasteiger partial charge in [0.1, 0.15) is 11.6 Å². The lowest BCUT2D eigenvalue weighted by Crippen LogP contribution is -2.13. The first kappa shape index (κ1) is 17.2. The maximum absolute atomic E-state index is 12.5. The fourth-order valence-corrected chi connectivity index (χ4v) is 2.40. The van der Waals surface area contributed by atoms with Gasteiger partial charge < -0.3 is 15.4 Å². The maximum atomic E-state index is 12.5. The second kappa shape index (κ2) is 7.52. The van der Waals surface area contributed by atoms with Gasteiger partial charge in [0.05, 0.1) is 12.8 Å². The number of hydrogen-bond acceptors (Lipinski definition) is 4. The van der Waals surface area contributed by atoms with Gasteiger partial charge in [-0.1, -0.05) is 18.2 Å². The molecule has 2 aromatic carbocycles. The van der Waals surface area contributed by atoms with Crippen LogP contribution in [0.15, 0.2) is 60.7 Å². The number of amides is 2. The van der Waals surface area contributed by atoms with Gasteiger partial charge in [-0.05, 0) is 36.4 Å². The summed E-state index contributed by atoms with van der Waals surface area (Å²) in [4.78, 5) is 24.0. The van der Waals surface area contributed by atoms with E-state index in [1.165, 1.54) is 17.7 Å². The van der Waals surface area contributed by atoms with E-state index in [0.717, 1.165) is 5.69 Å². The van der Waals surface area contributed by atoms with Gasteiger partial charge in [0.25, 0.3) is 5.91 Å². The quantitative estimate of drug-likeness (QED) is 0.740. The van der Waals surface area contributed by atoms with Crippen LogP contribution in [-0.2, 0) is 4.79 Å². The normalized spacial score (nSPS) is 10.2. The lowest BCUT2D eigenvalue weighted by atomic mass is 10.3. The summed E-state index contributed by atoms with van der Waals surface area (Å²) in [6, 6.07) is 17.8. The Balaban J connectivity index is 1.87. The first-order valence-corrected chi connectivity index (χ1v) is 7.95. The van der Waals surface area contributed by atoms with Crippen molar-refractivity contribution >= 4 is 23.3 Å². The number of nitrogens with one attached hydrogen (secondary N) is 2. The molecule has 0 aliphatic rings.